The predicted octanol–water partition coefficient (Wildman–Crippen LogP) is 2.01. The highest BCUT2D eigenvalue weighted by Crippen LogP contribution is 2.52. The normalized spacial score (nSPS) is 23.7. The van der Waals surface area contributed by atoms with Gasteiger partial charge in [-0.1, -0.05) is 30.3 Å². The standard InChI is InChI=1S/C15H16N4O/c16-15(20)18-8-11-7-17-19(14(11)9-18)13-6-12(13)10-4-2-1-3-5-10/h1-5,7,12-13H,6,8-9H2,(H2,16,20)/t12-,13+/m0/s1. The summed E-state index contributed by atoms with van der Waals surface area (Å²) in [5, 5.41) is 4.51. The van der Waals surface area contributed by atoms with Crippen molar-refractivity contribution in [2.75, 3.05) is 0 Å². The van der Waals surface area contributed by atoms with E-state index in [1.807, 2.05) is 12.3 Å². The fourth-order valence-corrected chi connectivity index (χ4v) is 3.12. The summed E-state index contributed by atoms with van der Waals surface area (Å²) in [6.45, 7) is 1.18. The van der Waals surface area contributed by atoms with Crippen molar-refractivity contribution in [3.8, 4) is 0 Å². The molecular formula is C15H16N4O. The van der Waals surface area contributed by atoms with Crippen LogP contribution in [0.4, 0.5) is 4.79 Å². The van der Waals surface area contributed by atoms with Crippen LogP contribution in [0.3, 0.4) is 0 Å². The van der Waals surface area contributed by atoms with Crippen molar-refractivity contribution >= 4 is 6.03 Å². The summed E-state index contributed by atoms with van der Waals surface area (Å²) in [6.07, 6.45) is 2.99. The number of fused-ring (bicyclic) bond motifs is 1. The van der Waals surface area contributed by atoms with Crippen LogP contribution in [0.5, 0.6) is 0 Å². The number of carbonyl (C=O) groups excluding carboxylic acids is 1. The van der Waals surface area contributed by atoms with Gasteiger partial charge in [0.15, 0.2) is 0 Å². The number of benzene rings is 1. The third-order valence-corrected chi connectivity index (χ3v) is 4.30. The molecule has 0 unspecified atom stereocenters. The largest absolute Gasteiger partial charge is 0.351 e. The smallest absolute Gasteiger partial charge is 0.315 e. The average Bonchev–Trinajstić information content (AvgIpc) is 2.96. The van der Waals surface area contributed by atoms with Crippen LogP contribution in [0.15, 0.2) is 36.5 Å². The fraction of sp³-hybridized carbons (Fsp3) is 0.333. The van der Waals surface area contributed by atoms with Gasteiger partial charge in [0, 0.05) is 11.5 Å². The van der Waals surface area contributed by atoms with Gasteiger partial charge in [-0.25, -0.2) is 4.79 Å². The Bertz CT molecular complexity index is 664. The SMILES string of the molecule is NC(=O)N1Cc2cnn([C@@H]3C[C@H]3c3ccccc3)c2C1. The number of nitrogens with two attached hydrogens (primary N) is 1. The molecule has 2 aliphatic rings. The summed E-state index contributed by atoms with van der Waals surface area (Å²) < 4.78 is 2.09. The second-order valence-electron chi connectivity index (χ2n) is 5.58. The zero-order chi connectivity index (χ0) is 13.7. The quantitative estimate of drug-likeness (QED) is 0.905. The van der Waals surface area contributed by atoms with E-state index in [9.17, 15) is 4.79 Å². The number of primary amides is 1. The van der Waals surface area contributed by atoms with Gasteiger partial charge in [-0.15, -0.1) is 0 Å². The second kappa shape index (κ2) is 4.10. The first-order valence-electron chi connectivity index (χ1n) is 6.88. The zero-order valence-corrected chi connectivity index (χ0v) is 11.1. The molecule has 5 nitrogen and oxygen atoms in total. The third-order valence-electron chi connectivity index (χ3n) is 4.30. The van der Waals surface area contributed by atoms with Crippen LogP contribution < -0.4 is 5.73 Å². The van der Waals surface area contributed by atoms with E-state index in [1.54, 1.807) is 4.90 Å². The molecule has 0 bridgehead atoms. The van der Waals surface area contributed by atoms with Crippen molar-refractivity contribution in [3.63, 3.8) is 0 Å². The molecule has 2 atom stereocenters. The molecule has 2 N–H and O–H groups in total. The van der Waals surface area contributed by atoms with Crippen LogP contribution in [0.2, 0.25) is 0 Å². The maximum atomic E-state index is 11.3. The molecule has 5 heteroatoms. The van der Waals surface area contributed by atoms with Gasteiger partial charge in [0.2, 0.25) is 0 Å². The highest BCUT2D eigenvalue weighted by Gasteiger charge is 2.43. The molecule has 4 rings (SSSR count). The van der Waals surface area contributed by atoms with Crippen molar-refractivity contribution < 1.29 is 4.79 Å². The van der Waals surface area contributed by atoms with E-state index >= 15 is 0 Å². The topological polar surface area (TPSA) is 64.2 Å². The number of hydrogen-bond donors (Lipinski definition) is 1. The van der Waals surface area contributed by atoms with Crippen LogP contribution in [-0.2, 0) is 13.1 Å². The number of aromatic nitrogens is 2. The molecule has 1 aromatic carbocycles. The third kappa shape index (κ3) is 1.70. The number of urea groups is 1. The molecule has 0 radical (unpaired) electrons. The van der Waals surface area contributed by atoms with Gasteiger partial charge < -0.3 is 10.6 Å². The first-order chi connectivity index (χ1) is 9.74. The fourth-order valence-electron chi connectivity index (χ4n) is 3.12. The Morgan fingerprint density at radius 1 is 1.25 bits per heavy atom. The summed E-state index contributed by atoms with van der Waals surface area (Å²) in [5.74, 6) is 0.544. The van der Waals surface area contributed by atoms with Crippen LogP contribution in [0, 0.1) is 0 Å². The van der Waals surface area contributed by atoms with Crippen molar-refractivity contribution in [2.45, 2.75) is 31.5 Å². The van der Waals surface area contributed by atoms with Gasteiger partial charge in [-0.2, -0.15) is 5.10 Å². The average molecular weight is 268 g/mol. The molecule has 0 saturated heterocycles. The summed E-state index contributed by atoms with van der Waals surface area (Å²) in [6, 6.07) is 10.6. The number of carbonyl (C=O) groups is 1. The Labute approximate surface area is 117 Å². The van der Waals surface area contributed by atoms with E-state index in [0.717, 1.165) is 17.7 Å². The number of nitrogens with zero attached hydrogens (tertiary/aromatic N) is 3. The molecular weight excluding hydrogens is 252 g/mol. The molecule has 2 amide bonds. The van der Waals surface area contributed by atoms with Crippen molar-refractivity contribution in [3.05, 3.63) is 53.3 Å². The molecule has 1 aromatic heterocycles. The van der Waals surface area contributed by atoms with Gasteiger partial charge in [0.25, 0.3) is 0 Å². The van der Waals surface area contributed by atoms with E-state index in [2.05, 4.69) is 34.0 Å². The molecule has 0 spiro atoms. The molecule has 2 heterocycles. The zero-order valence-electron chi connectivity index (χ0n) is 11.1. The Morgan fingerprint density at radius 3 is 2.80 bits per heavy atom. The highest BCUT2D eigenvalue weighted by atomic mass is 16.2. The van der Waals surface area contributed by atoms with Crippen molar-refractivity contribution in [1.82, 2.24) is 14.7 Å². The van der Waals surface area contributed by atoms with E-state index in [4.69, 9.17) is 5.73 Å². The monoisotopic (exact) mass is 268 g/mol. The minimum absolute atomic E-state index is 0.358. The lowest BCUT2D eigenvalue weighted by Gasteiger charge is -2.12. The maximum absolute atomic E-state index is 11.3. The molecule has 1 saturated carbocycles. The number of amides is 2. The Balaban J connectivity index is 1.57. The minimum Gasteiger partial charge on any atom is -0.351 e. The van der Waals surface area contributed by atoms with Crippen LogP contribution in [0.25, 0.3) is 0 Å². The summed E-state index contributed by atoms with van der Waals surface area (Å²) in [7, 11) is 0. The van der Waals surface area contributed by atoms with E-state index in [0.29, 0.717) is 25.0 Å². The Kier molecular flexibility index (Phi) is 2.36. The summed E-state index contributed by atoms with van der Waals surface area (Å²) in [5.41, 5.74) is 8.99. The lowest BCUT2D eigenvalue weighted by Crippen LogP contribution is -2.31. The van der Waals surface area contributed by atoms with Crippen molar-refractivity contribution in [2.24, 2.45) is 5.73 Å². The minimum atomic E-state index is -0.358. The van der Waals surface area contributed by atoms with E-state index in [-0.39, 0.29) is 6.03 Å². The molecule has 20 heavy (non-hydrogen) atoms. The lowest BCUT2D eigenvalue weighted by molar-refractivity contribution is 0.207. The van der Waals surface area contributed by atoms with Gasteiger partial charge in [-0.3, -0.25) is 4.68 Å². The lowest BCUT2D eigenvalue weighted by atomic mass is 10.1. The number of rotatable bonds is 2. The molecule has 1 fully saturated rings. The van der Waals surface area contributed by atoms with Gasteiger partial charge in [-0.05, 0) is 12.0 Å². The molecule has 1 aliphatic heterocycles. The number of hydrogen-bond acceptors (Lipinski definition) is 2. The second-order valence-corrected chi connectivity index (χ2v) is 5.58. The van der Waals surface area contributed by atoms with E-state index < -0.39 is 0 Å². The van der Waals surface area contributed by atoms with Gasteiger partial charge in [0.1, 0.15) is 0 Å². The summed E-state index contributed by atoms with van der Waals surface area (Å²) in [4.78, 5) is 12.9. The van der Waals surface area contributed by atoms with Crippen molar-refractivity contribution in [1.29, 1.82) is 0 Å². The first kappa shape index (κ1) is 11.5. The Morgan fingerprint density at radius 2 is 2.05 bits per heavy atom. The van der Waals surface area contributed by atoms with Crippen LogP contribution >= 0.6 is 0 Å². The van der Waals surface area contributed by atoms with E-state index in [1.165, 1.54) is 5.56 Å². The highest BCUT2D eigenvalue weighted by molar-refractivity contribution is 5.72. The maximum Gasteiger partial charge on any atom is 0.315 e. The predicted molar refractivity (Wildman–Crippen MR) is 73.9 cm³/mol. The van der Waals surface area contributed by atoms with Gasteiger partial charge >= 0.3 is 6.03 Å². The first-order valence-corrected chi connectivity index (χ1v) is 6.88. The van der Waals surface area contributed by atoms with Crippen LogP contribution in [0.1, 0.15) is 35.2 Å². The molecule has 1 aliphatic carbocycles. The molecule has 2 aromatic rings. The Hall–Kier alpha value is -2.30. The van der Waals surface area contributed by atoms with Gasteiger partial charge in [0.05, 0.1) is 31.0 Å². The molecule has 102 valence electrons. The van der Waals surface area contributed by atoms with Crippen LogP contribution in [-0.4, -0.2) is 20.7 Å². The summed E-state index contributed by atoms with van der Waals surface area (Å²) >= 11 is 0.